The number of benzene rings is 1. The first kappa shape index (κ1) is 10.4. The smallest absolute Gasteiger partial charge is 0.277 e. The Hall–Kier alpha value is -2.77. The van der Waals surface area contributed by atoms with Crippen molar-refractivity contribution < 1.29 is 14.3 Å². The maximum atomic E-state index is 11.8. The number of aromatic amines is 1. The van der Waals surface area contributed by atoms with Gasteiger partial charge in [-0.05, 0) is 0 Å². The number of fused-ring (bicyclic) bond motifs is 1. The van der Waals surface area contributed by atoms with Gasteiger partial charge in [0, 0.05) is 12.1 Å². The average Bonchev–Trinajstić information content (AvgIpc) is 2.98. The minimum Gasteiger partial charge on any atom is -0.454 e. The molecule has 8 nitrogen and oxygen atoms in total. The van der Waals surface area contributed by atoms with Crippen molar-refractivity contribution in [3.63, 3.8) is 0 Å². The number of aromatic nitrogens is 3. The number of ether oxygens (including phenoxy) is 2. The minimum absolute atomic E-state index is 0.148. The van der Waals surface area contributed by atoms with Gasteiger partial charge in [0.15, 0.2) is 17.2 Å². The topological polar surface area (TPSA) is 115 Å². The van der Waals surface area contributed by atoms with Gasteiger partial charge in [-0.2, -0.15) is 15.4 Å². The summed E-state index contributed by atoms with van der Waals surface area (Å²) in [6.45, 7) is 0.148. The van der Waals surface area contributed by atoms with Gasteiger partial charge < -0.3 is 20.5 Å². The number of nitrogens with one attached hydrogen (secondary N) is 2. The third-order valence-electron chi connectivity index (χ3n) is 2.44. The van der Waals surface area contributed by atoms with Crippen LogP contribution in [0.25, 0.3) is 0 Å². The van der Waals surface area contributed by atoms with Crippen molar-refractivity contribution >= 4 is 17.3 Å². The zero-order valence-electron chi connectivity index (χ0n) is 9.14. The first-order chi connectivity index (χ1) is 8.74. The molecule has 0 unspecified atom stereocenters. The largest absolute Gasteiger partial charge is 0.454 e. The van der Waals surface area contributed by atoms with Gasteiger partial charge in [-0.25, -0.2) is 0 Å². The number of anilines is 2. The van der Waals surface area contributed by atoms with Gasteiger partial charge >= 0.3 is 0 Å². The molecule has 1 aliphatic heterocycles. The Morgan fingerprint density at radius 3 is 2.89 bits per heavy atom. The van der Waals surface area contributed by atoms with Gasteiger partial charge in [0.1, 0.15) is 0 Å². The average molecular weight is 247 g/mol. The van der Waals surface area contributed by atoms with E-state index >= 15 is 0 Å². The molecule has 2 aromatic rings. The Bertz CT molecular complexity index is 596. The number of H-pyrrole nitrogens is 1. The van der Waals surface area contributed by atoms with Crippen LogP contribution >= 0.6 is 0 Å². The standard InChI is InChI=1S/C10H9N5O3/c11-5-1-8-9(18-4-17-8)2-6(5)13-10(16)7-3-12-15-14-7/h1-3H,4,11H2,(H,13,16)(H,12,14,15). The van der Waals surface area contributed by atoms with E-state index in [1.165, 1.54) is 6.20 Å². The predicted octanol–water partition coefficient (Wildman–Crippen LogP) is 0.368. The summed E-state index contributed by atoms with van der Waals surface area (Å²) < 4.78 is 10.4. The van der Waals surface area contributed by atoms with E-state index in [1.54, 1.807) is 12.1 Å². The fourth-order valence-electron chi connectivity index (χ4n) is 1.56. The van der Waals surface area contributed by atoms with Gasteiger partial charge in [-0.1, -0.05) is 0 Å². The summed E-state index contributed by atoms with van der Waals surface area (Å²) in [7, 11) is 0. The molecule has 0 radical (unpaired) electrons. The maximum absolute atomic E-state index is 11.8. The highest BCUT2D eigenvalue weighted by atomic mass is 16.7. The second-order valence-electron chi connectivity index (χ2n) is 3.60. The van der Waals surface area contributed by atoms with E-state index in [9.17, 15) is 4.79 Å². The molecule has 0 bridgehead atoms. The number of nitrogen functional groups attached to an aromatic ring is 1. The molecule has 1 aromatic heterocycles. The Morgan fingerprint density at radius 1 is 1.39 bits per heavy atom. The SMILES string of the molecule is Nc1cc2c(cc1NC(=O)c1cn[nH]n1)OCO2. The van der Waals surface area contributed by atoms with Crippen LogP contribution in [-0.4, -0.2) is 28.1 Å². The van der Waals surface area contributed by atoms with Crippen molar-refractivity contribution in [2.45, 2.75) is 0 Å². The van der Waals surface area contributed by atoms with Crippen LogP contribution in [0.3, 0.4) is 0 Å². The van der Waals surface area contributed by atoms with Crippen molar-refractivity contribution in [1.29, 1.82) is 0 Å². The molecule has 1 amide bonds. The van der Waals surface area contributed by atoms with Crippen molar-refractivity contribution in [3.8, 4) is 11.5 Å². The van der Waals surface area contributed by atoms with Crippen molar-refractivity contribution in [2.75, 3.05) is 17.8 Å². The van der Waals surface area contributed by atoms with Crippen LogP contribution in [0.15, 0.2) is 18.3 Å². The highest BCUT2D eigenvalue weighted by molar-refractivity contribution is 6.04. The first-order valence-electron chi connectivity index (χ1n) is 5.10. The van der Waals surface area contributed by atoms with Crippen LogP contribution in [0.1, 0.15) is 10.5 Å². The summed E-state index contributed by atoms with van der Waals surface area (Å²) in [4.78, 5) is 11.8. The molecule has 2 heterocycles. The molecule has 92 valence electrons. The number of carbonyl (C=O) groups excluding carboxylic acids is 1. The van der Waals surface area contributed by atoms with Crippen LogP contribution in [0.5, 0.6) is 11.5 Å². The van der Waals surface area contributed by atoms with Crippen LogP contribution in [0, 0.1) is 0 Å². The third kappa shape index (κ3) is 1.69. The molecule has 4 N–H and O–H groups in total. The Balaban J connectivity index is 1.87. The third-order valence-corrected chi connectivity index (χ3v) is 2.44. The zero-order valence-corrected chi connectivity index (χ0v) is 9.14. The molecule has 0 saturated heterocycles. The molecular weight excluding hydrogens is 238 g/mol. The lowest BCUT2D eigenvalue weighted by molar-refractivity contribution is 0.102. The number of rotatable bonds is 2. The molecule has 18 heavy (non-hydrogen) atoms. The molecule has 0 fully saturated rings. The number of nitrogens with zero attached hydrogens (tertiary/aromatic N) is 2. The van der Waals surface area contributed by atoms with Crippen LogP contribution in [0.2, 0.25) is 0 Å². The Morgan fingerprint density at radius 2 is 2.17 bits per heavy atom. The van der Waals surface area contributed by atoms with E-state index < -0.39 is 5.91 Å². The van der Waals surface area contributed by atoms with E-state index in [0.717, 1.165) is 0 Å². The monoisotopic (exact) mass is 247 g/mol. The fourth-order valence-corrected chi connectivity index (χ4v) is 1.56. The molecule has 0 aliphatic carbocycles. The molecule has 8 heteroatoms. The number of carbonyl (C=O) groups is 1. The van der Waals surface area contributed by atoms with E-state index in [2.05, 4.69) is 20.7 Å². The minimum atomic E-state index is -0.408. The number of amides is 1. The maximum Gasteiger partial charge on any atom is 0.277 e. The highest BCUT2D eigenvalue weighted by Crippen LogP contribution is 2.38. The molecular formula is C10H9N5O3. The van der Waals surface area contributed by atoms with E-state index in [0.29, 0.717) is 22.9 Å². The number of hydrogen-bond donors (Lipinski definition) is 3. The molecule has 0 atom stereocenters. The van der Waals surface area contributed by atoms with Gasteiger partial charge in [-0.3, -0.25) is 4.79 Å². The Labute approximate surface area is 101 Å². The van der Waals surface area contributed by atoms with Crippen molar-refractivity contribution in [2.24, 2.45) is 0 Å². The lowest BCUT2D eigenvalue weighted by atomic mass is 10.2. The predicted molar refractivity (Wildman–Crippen MR) is 61.3 cm³/mol. The number of hydrogen-bond acceptors (Lipinski definition) is 6. The summed E-state index contributed by atoms with van der Waals surface area (Å²) >= 11 is 0. The Kier molecular flexibility index (Phi) is 2.26. The van der Waals surface area contributed by atoms with E-state index in [4.69, 9.17) is 15.2 Å². The van der Waals surface area contributed by atoms with E-state index in [-0.39, 0.29) is 12.5 Å². The van der Waals surface area contributed by atoms with Crippen molar-refractivity contribution in [3.05, 3.63) is 24.0 Å². The highest BCUT2D eigenvalue weighted by Gasteiger charge is 2.18. The summed E-state index contributed by atoms with van der Waals surface area (Å²) in [6, 6.07) is 3.20. The fraction of sp³-hybridized carbons (Fsp3) is 0.100. The van der Waals surface area contributed by atoms with Gasteiger partial charge in [0.05, 0.1) is 17.6 Å². The lowest BCUT2D eigenvalue weighted by Crippen LogP contribution is -2.13. The van der Waals surface area contributed by atoms with Crippen LogP contribution in [0.4, 0.5) is 11.4 Å². The molecule has 1 aliphatic rings. The molecule has 0 spiro atoms. The summed E-state index contributed by atoms with van der Waals surface area (Å²) in [5, 5.41) is 12.2. The van der Waals surface area contributed by atoms with Gasteiger partial charge in [0.25, 0.3) is 5.91 Å². The second kappa shape index (κ2) is 3.91. The quantitative estimate of drug-likeness (QED) is 0.660. The van der Waals surface area contributed by atoms with Crippen molar-refractivity contribution in [1.82, 2.24) is 15.4 Å². The number of nitrogens with two attached hydrogens (primary N) is 1. The molecule has 0 saturated carbocycles. The first-order valence-corrected chi connectivity index (χ1v) is 5.10. The van der Waals surface area contributed by atoms with Gasteiger partial charge in [0.2, 0.25) is 6.79 Å². The second-order valence-corrected chi connectivity index (χ2v) is 3.60. The zero-order chi connectivity index (χ0) is 12.5. The molecule has 3 rings (SSSR count). The van der Waals surface area contributed by atoms with Gasteiger partial charge in [-0.15, -0.1) is 0 Å². The molecule has 1 aromatic carbocycles. The van der Waals surface area contributed by atoms with Crippen LogP contribution in [-0.2, 0) is 0 Å². The summed E-state index contributed by atoms with van der Waals surface area (Å²) in [6.07, 6.45) is 1.32. The van der Waals surface area contributed by atoms with E-state index in [1.807, 2.05) is 0 Å². The normalized spacial score (nSPS) is 12.4. The summed E-state index contributed by atoms with van der Waals surface area (Å²) in [5.74, 6) is 0.695. The lowest BCUT2D eigenvalue weighted by Gasteiger charge is -2.07. The summed E-state index contributed by atoms with van der Waals surface area (Å²) in [5.41, 5.74) is 6.80. The van der Waals surface area contributed by atoms with Crippen LogP contribution < -0.4 is 20.5 Å².